The third-order valence-corrected chi connectivity index (χ3v) is 5.45. The first-order valence-electron chi connectivity index (χ1n) is 9.63. The second kappa shape index (κ2) is 11.1. The van der Waals surface area contributed by atoms with Crippen molar-refractivity contribution in [1.29, 1.82) is 0 Å². The number of anilines is 2. The van der Waals surface area contributed by atoms with Crippen molar-refractivity contribution in [3.8, 4) is 0 Å². The van der Waals surface area contributed by atoms with E-state index in [2.05, 4.69) is 10.6 Å². The Morgan fingerprint density at radius 1 is 0.871 bits per heavy atom. The standard InChI is InChI=1S/C22H26Cl2N4O3/c1-14-5-7-16(8-6-14)25-21(30)13-28(4)22(31)15(2)27(3)12-20(29)26-17-9-10-18(23)19(24)11-17/h5-11,15H,12-13H2,1-4H3,(H,25,30)(H,26,29). The van der Waals surface area contributed by atoms with Crippen LogP contribution >= 0.6 is 23.2 Å². The maximum atomic E-state index is 12.7. The van der Waals surface area contributed by atoms with E-state index in [1.54, 1.807) is 56.3 Å². The molecule has 0 bridgehead atoms. The monoisotopic (exact) mass is 464 g/mol. The van der Waals surface area contributed by atoms with Crippen molar-refractivity contribution in [1.82, 2.24) is 9.80 Å². The van der Waals surface area contributed by atoms with E-state index < -0.39 is 6.04 Å². The predicted octanol–water partition coefficient (Wildman–Crippen LogP) is 3.66. The maximum Gasteiger partial charge on any atom is 0.243 e. The molecule has 0 radical (unpaired) electrons. The number of nitrogens with one attached hydrogen (secondary N) is 2. The Hall–Kier alpha value is -2.61. The van der Waals surface area contributed by atoms with E-state index in [0.29, 0.717) is 21.4 Å². The maximum absolute atomic E-state index is 12.7. The van der Waals surface area contributed by atoms with E-state index >= 15 is 0 Å². The molecule has 2 rings (SSSR count). The molecule has 166 valence electrons. The average Bonchev–Trinajstić information content (AvgIpc) is 2.71. The van der Waals surface area contributed by atoms with E-state index in [4.69, 9.17) is 23.2 Å². The average molecular weight is 465 g/mol. The molecule has 0 aromatic heterocycles. The Bertz CT molecular complexity index is 950. The molecule has 0 aliphatic carbocycles. The van der Waals surface area contributed by atoms with Gasteiger partial charge in [-0.1, -0.05) is 40.9 Å². The minimum Gasteiger partial charge on any atom is -0.335 e. The van der Waals surface area contributed by atoms with Crippen molar-refractivity contribution >= 4 is 52.3 Å². The van der Waals surface area contributed by atoms with Crippen LogP contribution in [0.15, 0.2) is 42.5 Å². The summed E-state index contributed by atoms with van der Waals surface area (Å²) in [6.07, 6.45) is 0. The summed E-state index contributed by atoms with van der Waals surface area (Å²) in [5.74, 6) is -0.879. The quantitative estimate of drug-likeness (QED) is 0.624. The minimum absolute atomic E-state index is 0.0173. The molecule has 1 atom stereocenters. The van der Waals surface area contributed by atoms with Crippen molar-refractivity contribution in [2.45, 2.75) is 19.9 Å². The highest BCUT2D eigenvalue weighted by Gasteiger charge is 2.24. The fourth-order valence-corrected chi connectivity index (χ4v) is 3.07. The molecule has 31 heavy (non-hydrogen) atoms. The summed E-state index contributed by atoms with van der Waals surface area (Å²) in [7, 11) is 3.22. The van der Waals surface area contributed by atoms with E-state index in [1.165, 1.54) is 4.90 Å². The van der Waals surface area contributed by atoms with Gasteiger partial charge in [0.15, 0.2) is 0 Å². The summed E-state index contributed by atoms with van der Waals surface area (Å²) < 4.78 is 0. The highest BCUT2D eigenvalue weighted by molar-refractivity contribution is 6.42. The summed E-state index contributed by atoms with van der Waals surface area (Å²) in [6, 6.07) is 11.6. The Balaban J connectivity index is 1.85. The van der Waals surface area contributed by atoms with Crippen molar-refractivity contribution in [2.75, 3.05) is 37.8 Å². The molecule has 0 saturated heterocycles. The summed E-state index contributed by atoms with van der Waals surface area (Å²) in [5.41, 5.74) is 2.27. The van der Waals surface area contributed by atoms with Crippen molar-refractivity contribution < 1.29 is 14.4 Å². The molecule has 0 fully saturated rings. The highest BCUT2D eigenvalue weighted by Crippen LogP contribution is 2.25. The van der Waals surface area contributed by atoms with Gasteiger partial charge in [0, 0.05) is 18.4 Å². The van der Waals surface area contributed by atoms with Gasteiger partial charge in [-0.25, -0.2) is 0 Å². The van der Waals surface area contributed by atoms with Crippen molar-refractivity contribution in [3.05, 3.63) is 58.1 Å². The second-order valence-corrected chi connectivity index (χ2v) is 8.19. The van der Waals surface area contributed by atoms with Crippen LogP contribution in [-0.2, 0) is 14.4 Å². The van der Waals surface area contributed by atoms with Crippen LogP contribution in [0, 0.1) is 6.92 Å². The van der Waals surface area contributed by atoms with Gasteiger partial charge >= 0.3 is 0 Å². The zero-order valence-electron chi connectivity index (χ0n) is 17.9. The number of aryl methyl sites for hydroxylation is 1. The Kier molecular flexibility index (Phi) is 8.86. The molecule has 0 heterocycles. The lowest BCUT2D eigenvalue weighted by atomic mass is 10.2. The molecule has 7 nitrogen and oxygen atoms in total. The van der Waals surface area contributed by atoms with Gasteiger partial charge in [-0.3, -0.25) is 19.3 Å². The number of hydrogen-bond donors (Lipinski definition) is 2. The van der Waals surface area contributed by atoms with Crippen LogP contribution in [0.3, 0.4) is 0 Å². The number of hydrogen-bond acceptors (Lipinski definition) is 4. The van der Waals surface area contributed by atoms with E-state index in [0.717, 1.165) is 5.56 Å². The molecule has 2 aromatic rings. The number of likely N-dealkylation sites (N-methyl/N-ethyl adjacent to an activating group) is 2. The number of benzene rings is 2. The van der Waals surface area contributed by atoms with Crippen LogP contribution < -0.4 is 10.6 Å². The van der Waals surface area contributed by atoms with Gasteiger partial charge in [0.1, 0.15) is 0 Å². The highest BCUT2D eigenvalue weighted by atomic mass is 35.5. The first-order valence-corrected chi connectivity index (χ1v) is 10.4. The van der Waals surface area contributed by atoms with Gasteiger partial charge < -0.3 is 15.5 Å². The third kappa shape index (κ3) is 7.54. The number of carbonyl (C=O) groups excluding carboxylic acids is 3. The summed E-state index contributed by atoms with van der Waals surface area (Å²) in [5, 5.41) is 6.20. The van der Waals surface area contributed by atoms with Gasteiger partial charge in [0.25, 0.3) is 0 Å². The Morgan fingerprint density at radius 2 is 1.42 bits per heavy atom. The number of carbonyl (C=O) groups is 3. The van der Waals surface area contributed by atoms with Crippen LogP contribution in [0.4, 0.5) is 11.4 Å². The normalized spacial score (nSPS) is 11.7. The smallest absolute Gasteiger partial charge is 0.243 e. The molecule has 1 unspecified atom stereocenters. The van der Waals surface area contributed by atoms with Crippen LogP contribution in [0.2, 0.25) is 10.0 Å². The molecule has 0 spiro atoms. The largest absolute Gasteiger partial charge is 0.335 e. The number of amides is 3. The van der Waals surface area contributed by atoms with Crippen LogP contribution in [0.25, 0.3) is 0 Å². The molecule has 0 aliphatic heterocycles. The third-order valence-electron chi connectivity index (χ3n) is 4.71. The molecule has 3 amide bonds. The van der Waals surface area contributed by atoms with Crippen molar-refractivity contribution in [2.24, 2.45) is 0 Å². The van der Waals surface area contributed by atoms with E-state index in [1.807, 2.05) is 19.1 Å². The van der Waals surface area contributed by atoms with Crippen LogP contribution in [-0.4, -0.2) is 60.7 Å². The summed E-state index contributed by atoms with van der Waals surface area (Å²) in [4.78, 5) is 40.2. The van der Waals surface area contributed by atoms with Crippen LogP contribution in [0.5, 0.6) is 0 Å². The van der Waals surface area contributed by atoms with Gasteiger partial charge in [0.2, 0.25) is 17.7 Å². The fraction of sp³-hybridized carbons (Fsp3) is 0.318. The topological polar surface area (TPSA) is 81.8 Å². The minimum atomic E-state index is -0.600. The number of halogens is 2. The molecular formula is C22H26Cl2N4O3. The zero-order chi connectivity index (χ0) is 23.1. The molecular weight excluding hydrogens is 439 g/mol. The molecule has 9 heteroatoms. The fourth-order valence-electron chi connectivity index (χ4n) is 2.78. The second-order valence-electron chi connectivity index (χ2n) is 7.38. The zero-order valence-corrected chi connectivity index (χ0v) is 19.4. The first-order chi connectivity index (χ1) is 14.6. The van der Waals surface area contributed by atoms with Gasteiger partial charge in [-0.15, -0.1) is 0 Å². The molecule has 2 aromatic carbocycles. The van der Waals surface area contributed by atoms with Gasteiger partial charge in [-0.2, -0.15) is 0 Å². The van der Waals surface area contributed by atoms with Crippen molar-refractivity contribution in [3.63, 3.8) is 0 Å². The Labute approximate surface area is 192 Å². The molecule has 0 aliphatic rings. The molecule has 2 N–H and O–H groups in total. The van der Waals surface area contributed by atoms with E-state index in [-0.39, 0.29) is 30.8 Å². The lowest BCUT2D eigenvalue weighted by Crippen LogP contribution is -2.48. The van der Waals surface area contributed by atoms with Gasteiger partial charge in [-0.05, 0) is 51.2 Å². The van der Waals surface area contributed by atoms with Gasteiger partial charge in [0.05, 0.1) is 29.2 Å². The Morgan fingerprint density at radius 3 is 2.03 bits per heavy atom. The lowest BCUT2D eigenvalue weighted by molar-refractivity contribution is -0.137. The lowest BCUT2D eigenvalue weighted by Gasteiger charge is -2.27. The van der Waals surface area contributed by atoms with Crippen LogP contribution in [0.1, 0.15) is 12.5 Å². The summed E-state index contributed by atoms with van der Waals surface area (Å²) >= 11 is 11.8. The SMILES string of the molecule is Cc1ccc(NC(=O)CN(C)C(=O)C(C)N(C)CC(=O)Nc2ccc(Cl)c(Cl)c2)cc1. The number of rotatable bonds is 8. The predicted molar refractivity (Wildman–Crippen MR) is 125 cm³/mol. The molecule has 0 saturated carbocycles. The number of nitrogens with zero attached hydrogens (tertiary/aromatic N) is 2. The first kappa shape index (κ1) is 24.7. The van der Waals surface area contributed by atoms with E-state index in [9.17, 15) is 14.4 Å². The summed E-state index contributed by atoms with van der Waals surface area (Å²) in [6.45, 7) is 3.53.